The van der Waals surface area contributed by atoms with Gasteiger partial charge in [-0.05, 0) is 42.4 Å². The molecule has 0 aromatic heterocycles. The number of amides is 2. The summed E-state index contributed by atoms with van der Waals surface area (Å²) in [6.07, 6.45) is 3.13. The highest BCUT2D eigenvalue weighted by Gasteiger charge is 2.49. The maximum Gasteiger partial charge on any atom is 0.250 e. The van der Waals surface area contributed by atoms with E-state index in [1.165, 1.54) is 0 Å². The molecular formula is C18H22N2O4. The number of fused-ring (bicyclic) bond motifs is 1. The van der Waals surface area contributed by atoms with Gasteiger partial charge in [0, 0.05) is 32.2 Å². The van der Waals surface area contributed by atoms with Crippen molar-refractivity contribution in [2.75, 3.05) is 19.8 Å². The van der Waals surface area contributed by atoms with Gasteiger partial charge in [0.2, 0.25) is 11.8 Å². The lowest BCUT2D eigenvalue weighted by molar-refractivity contribution is -0.134. The lowest BCUT2D eigenvalue weighted by Crippen LogP contribution is -2.41. The molecule has 1 aromatic rings. The highest BCUT2D eigenvalue weighted by atomic mass is 16.5. The molecule has 1 aromatic carbocycles. The van der Waals surface area contributed by atoms with E-state index in [-0.39, 0.29) is 29.0 Å². The first-order valence-electron chi connectivity index (χ1n) is 8.53. The predicted molar refractivity (Wildman–Crippen MR) is 86.2 cm³/mol. The minimum absolute atomic E-state index is 0.0297. The van der Waals surface area contributed by atoms with Gasteiger partial charge in [-0.3, -0.25) is 9.59 Å². The summed E-state index contributed by atoms with van der Waals surface area (Å²) in [5.74, 6) is -0.0780. The lowest BCUT2D eigenvalue weighted by Gasteiger charge is -2.33. The van der Waals surface area contributed by atoms with Crippen LogP contribution in [0.1, 0.15) is 37.3 Å². The SMILES string of the molecule is O=C1CC2CC3(CCOCC3)CN2C(=O)C(c2cccc(O)c2)N1. The van der Waals surface area contributed by atoms with E-state index < -0.39 is 6.04 Å². The second-order valence-corrected chi connectivity index (χ2v) is 7.24. The van der Waals surface area contributed by atoms with Crippen molar-refractivity contribution in [1.29, 1.82) is 0 Å². The summed E-state index contributed by atoms with van der Waals surface area (Å²) in [6.45, 7) is 2.16. The van der Waals surface area contributed by atoms with Crippen LogP contribution in [0.3, 0.4) is 0 Å². The van der Waals surface area contributed by atoms with Gasteiger partial charge in [-0.2, -0.15) is 0 Å². The number of phenols is 1. The summed E-state index contributed by atoms with van der Waals surface area (Å²) in [4.78, 5) is 27.3. The minimum Gasteiger partial charge on any atom is -0.508 e. The molecule has 2 atom stereocenters. The smallest absolute Gasteiger partial charge is 0.250 e. The van der Waals surface area contributed by atoms with Crippen molar-refractivity contribution >= 4 is 11.8 Å². The minimum atomic E-state index is -0.718. The first kappa shape index (κ1) is 15.4. The number of nitrogens with one attached hydrogen (secondary N) is 1. The molecule has 3 fully saturated rings. The zero-order valence-corrected chi connectivity index (χ0v) is 13.5. The van der Waals surface area contributed by atoms with Gasteiger partial charge in [0.05, 0.1) is 0 Å². The van der Waals surface area contributed by atoms with Gasteiger partial charge in [0.15, 0.2) is 0 Å². The van der Waals surface area contributed by atoms with Crippen LogP contribution in [0.4, 0.5) is 0 Å². The van der Waals surface area contributed by atoms with Gasteiger partial charge >= 0.3 is 0 Å². The summed E-state index contributed by atoms with van der Waals surface area (Å²) < 4.78 is 5.48. The summed E-state index contributed by atoms with van der Waals surface area (Å²) >= 11 is 0. The fraction of sp³-hybridized carbons (Fsp3) is 0.556. The largest absolute Gasteiger partial charge is 0.508 e. The number of aromatic hydroxyl groups is 1. The van der Waals surface area contributed by atoms with Crippen LogP contribution in [0.5, 0.6) is 5.75 Å². The van der Waals surface area contributed by atoms with E-state index in [1.807, 2.05) is 4.90 Å². The van der Waals surface area contributed by atoms with Crippen molar-refractivity contribution in [1.82, 2.24) is 10.2 Å². The van der Waals surface area contributed by atoms with Crippen LogP contribution < -0.4 is 5.32 Å². The quantitative estimate of drug-likeness (QED) is 0.815. The van der Waals surface area contributed by atoms with Crippen molar-refractivity contribution in [2.24, 2.45) is 5.41 Å². The van der Waals surface area contributed by atoms with Crippen molar-refractivity contribution in [2.45, 2.75) is 37.8 Å². The predicted octanol–water partition coefficient (Wildman–Crippen LogP) is 1.35. The van der Waals surface area contributed by atoms with Gasteiger partial charge in [-0.1, -0.05) is 12.1 Å². The fourth-order valence-corrected chi connectivity index (χ4v) is 4.36. The number of carbonyl (C=O) groups excluding carboxylic acids is 2. The topological polar surface area (TPSA) is 78.9 Å². The van der Waals surface area contributed by atoms with Crippen LogP contribution in [-0.4, -0.2) is 47.6 Å². The van der Waals surface area contributed by atoms with Crippen molar-refractivity contribution in [3.63, 3.8) is 0 Å². The van der Waals surface area contributed by atoms with Gasteiger partial charge in [0.25, 0.3) is 0 Å². The third-order valence-corrected chi connectivity index (χ3v) is 5.63. The number of hydrogen-bond acceptors (Lipinski definition) is 4. The molecule has 0 aliphatic carbocycles. The number of benzene rings is 1. The van der Waals surface area contributed by atoms with Crippen molar-refractivity contribution in [3.8, 4) is 5.75 Å². The molecule has 3 heterocycles. The molecule has 1 spiro atoms. The number of phenolic OH excluding ortho intramolecular Hbond substituents is 1. The number of nitrogens with zero attached hydrogens (tertiary/aromatic N) is 1. The Kier molecular flexibility index (Phi) is 3.72. The Labute approximate surface area is 140 Å². The molecule has 3 aliphatic rings. The maximum absolute atomic E-state index is 13.1. The number of carbonyl (C=O) groups is 2. The van der Waals surface area contributed by atoms with Gasteiger partial charge in [0.1, 0.15) is 11.8 Å². The first-order valence-corrected chi connectivity index (χ1v) is 8.53. The second kappa shape index (κ2) is 5.77. The molecule has 3 saturated heterocycles. The summed E-state index contributed by atoms with van der Waals surface area (Å²) in [6, 6.07) is 5.81. The maximum atomic E-state index is 13.1. The highest BCUT2D eigenvalue weighted by Crippen LogP contribution is 2.45. The molecule has 3 aliphatic heterocycles. The third-order valence-electron chi connectivity index (χ3n) is 5.63. The zero-order valence-electron chi connectivity index (χ0n) is 13.5. The Bertz CT molecular complexity index is 669. The number of rotatable bonds is 1. The Morgan fingerprint density at radius 2 is 2.04 bits per heavy atom. The highest BCUT2D eigenvalue weighted by molar-refractivity contribution is 5.91. The Morgan fingerprint density at radius 1 is 1.25 bits per heavy atom. The van der Waals surface area contributed by atoms with Crippen molar-refractivity contribution < 1.29 is 19.4 Å². The van der Waals surface area contributed by atoms with Crippen LogP contribution in [0.15, 0.2) is 24.3 Å². The third kappa shape index (κ3) is 2.65. The molecule has 4 rings (SSSR count). The fourth-order valence-electron chi connectivity index (χ4n) is 4.36. The van der Waals surface area contributed by atoms with E-state index >= 15 is 0 Å². The van der Waals surface area contributed by atoms with Crippen LogP contribution in [0.2, 0.25) is 0 Å². The van der Waals surface area contributed by atoms with Crippen LogP contribution >= 0.6 is 0 Å². The molecule has 24 heavy (non-hydrogen) atoms. The summed E-state index contributed by atoms with van der Waals surface area (Å²) in [7, 11) is 0. The first-order chi connectivity index (χ1) is 11.6. The van der Waals surface area contributed by atoms with Crippen LogP contribution in [0, 0.1) is 5.41 Å². The van der Waals surface area contributed by atoms with Crippen LogP contribution in [0.25, 0.3) is 0 Å². The van der Waals surface area contributed by atoms with E-state index in [0.717, 1.165) is 32.5 Å². The summed E-state index contributed by atoms with van der Waals surface area (Å²) in [5, 5.41) is 12.5. The van der Waals surface area contributed by atoms with Crippen molar-refractivity contribution in [3.05, 3.63) is 29.8 Å². The van der Waals surface area contributed by atoms with Gasteiger partial charge in [-0.25, -0.2) is 0 Å². The molecule has 0 radical (unpaired) electrons. The molecule has 2 amide bonds. The standard InChI is InChI=1S/C18H22N2O4/c21-14-3-1-2-12(8-14)16-17(23)20-11-18(4-6-24-7-5-18)10-13(20)9-15(22)19-16/h1-3,8,13,16,21H,4-7,9-11H2,(H,19,22). The molecule has 0 bridgehead atoms. The molecule has 6 heteroatoms. The van der Waals surface area contributed by atoms with Crippen LogP contribution in [-0.2, 0) is 14.3 Å². The van der Waals surface area contributed by atoms with E-state index in [4.69, 9.17) is 4.74 Å². The molecule has 6 nitrogen and oxygen atoms in total. The molecule has 0 saturated carbocycles. The lowest BCUT2D eigenvalue weighted by atomic mass is 9.78. The zero-order chi connectivity index (χ0) is 16.7. The average Bonchev–Trinajstić information content (AvgIpc) is 2.85. The Balaban J connectivity index is 1.63. The van der Waals surface area contributed by atoms with E-state index in [9.17, 15) is 14.7 Å². The van der Waals surface area contributed by atoms with E-state index in [2.05, 4.69) is 5.32 Å². The Morgan fingerprint density at radius 3 is 2.79 bits per heavy atom. The molecule has 2 unspecified atom stereocenters. The monoisotopic (exact) mass is 330 g/mol. The van der Waals surface area contributed by atoms with Gasteiger partial charge < -0.3 is 20.1 Å². The Hall–Kier alpha value is -2.08. The molecular weight excluding hydrogens is 308 g/mol. The molecule has 2 N–H and O–H groups in total. The average molecular weight is 330 g/mol. The molecule has 128 valence electrons. The van der Waals surface area contributed by atoms with E-state index in [0.29, 0.717) is 18.5 Å². The second-order valence-electron chi connectivity index (χ2n) is 7.24. The number of ether oxygens (including phenoxy) is 1. The summed E-state index contributed by atoms with van der Waals surface area (Å²) in [5.41, 5.74) is 0.724. The normalized spacial score (nSPS) is 29.2. The number of hydrogen-bond donors (Lipinski definition) is 2. The van der Waals surface area contributed by atoms with Gasteiger partial charge in [-0.15, -0.1) is 0 Å². The van der Waals surface area contributed by atoms with E-state index in [1.54, 1.807) is 24.3 Å².